The van der Waals surface area contributed by atoms with Crippen molar-refractivity contribution in [2.24, 2.45) is 0 Å². The predicted molar refractivity (Wildman–Crippen MR) is 42.7 cm³/mol. The van der Waals surface area contributed by atoms with E-state index in [2.05, 4.69) is 40.5 Å². The Morgan fingerprint density at radius 2 is 1.62 bits per heavy atom. The Bertz CT molecular complexity index is 194. The summed E-state index contributed by atoms with van der Waals surface area (Å²) in [6.45, 7) is 3.27. The van der Waals surface area contributed by atoms with E-state index in [0.29, 0.717) is 0 Å². The molecule has 0 fully saturated rings. The summed E-state index contributed by atoms with van der Waals surface area (Å²) in [6, 6.07) is 0. The Morgan fingerprint density at radius 3 is 2.12 bits per heavy atom. The molecule has 0 aliphatic rings. The highest BCUT2D eigenvalue weighted by Crippen LogP contribution is 1.67. The van der Waals surface area contributed by atoms with Crippen LogP contribution in [0.4, 0.5) is 0 Å². The predicted octanol–water partition coefficient (Wildman–Crippen LogP) is 1.22. The van der Waals surface area contributed by atoms with E-state index in [-0.39, 0.29) is 0 Å². The summed E-state index contributed by atoms with van der Waals surface area (Å²) in [7, 11) is 0. The molecule has 0 radical (unpaired) electrons. The lowest BCUT2D eigenvalue weighted by Gasteiger charge is -1.64. The lowest BCUT2D eigenvalue weighted by molar-refractivity contribution is 2.32. The van der Waals surface area contributed by atoms with Crippen LogP contribution in [0.3, 0.4) is 0 Å². The fourth-order valence-corrected chi connectivity index (χ4v) is 0.265. The largest absolute Gasteiger partial charge is 0.284 e. The zero-order chi connectivity index (χ0) is 6.24. The standard InChI is InChI=1S/C7H2I/c1-2-3-4-5-6-7-8/h1H2/q-1. The maximum atomic E-state index is 3.27. The van der Waals surface area contributed by atoms with Crippen LogP contribution >= 0.6 is 22.6 Å². The normalized spacial score (nSPS) is 3.62. The molecule has 38 valence electrons. The van der Waals surface area contributed by atoms with E-state index in [4.69, 9.17) is 0 Å². The van der Waals surface area contributed by atoms with E-state index in [9.17, 15) is 0 Å². The molecule has 0 saturated carbocycles. The van der Waals surface area contributed by atoms with Crippen LogP contribution in [0.25, 0.3) is 0 Å². The molecule has 0 saturated heterocycles. The molecule has 0 atom stereocenters. The summed E-state index contributed by atoms with van der Waals surface area (Å²) in [4.78, 5) is 0. The molecule has 8 heavy (non-hydrogen) atoms. The summed E-state index contributed by atoms with van der Waals surface area (Å²) in [5, 5.41) is 0. The van der Waals surface area contributed by atoms with Crippen molar-refractivity contribution in [1.29, 1.82) is 0 Å². The van der Waals surface area contributed by atoms with Crippen molar-refractivity contribution in [2.75, 3.05) is 0 Å². The second-order valence-electron chi connectivity index (χ2n) is 0.771. The third kappa shape index (κ3) is 5.28. The van der Waals surface area contributed by atoms with Crippen LogP contribution in [0.2, 0.25) is 0 Å². The zero-order valence-electron chi connectivity index (χ0n) is 4.09. The Hall–Kier alpha value is -0.720. The van der Waals surface area contributed by atoms with E-state index in [1.165, 1.54) is 0 Å². The van der Waals surface area contributed by atoms with Crippen molar-refractivity contribution in [3.05, 3.63) is 6.92 Å². The van der Waals surface area contributed by atoms with Crippen LogP contribution in [0, 0.1) is 40.5 Å². The van der Waals surface area contributed by atoms with E-state index in [1.54, 1.807) is 0 Å². The quantitative estimate of drug-likeness (QED) is 0.322. The van der Waals surface area contributed by atoms with Gasteiger partial charge in [-0.2, -0.15) is 6.92 Å². The molecule has 0 aliphatic carbocycles. The van der Waals surface area contributed by atoms with E-state index >= 15 is 0 Å². The molecule has 1 heteroatoms. The van der Waals surface area contributed by atoms with Gasteiger partial charge in [0.25, 0.3) is 0 Å². The van der Waals surface area contributed by atoms with Gasteiger partial charge in [-0.05, 0) is 15.8 Å². The molecule has 0 aromatic rings. The van der Waals surface area contributed by atoms with Gasteiger partial charge < -0.3 is 0 Å². The van der Waals surface area contributed by atoms with Gasteiger partial charge >= 0.3 is 0 Å². The molecule has 0 spiro atoms. The first kappa shape index (κ1) is 7.28. The van der Waals surface area contributed by atoms with Crippen molar-refractivity contribution < 1.29 is 0 Å². The number of rotatable bonds is 0. The number of hydrogen-bond acceptors (Lipinski definition) is 0. The lowest BCUT2D eigenvalue weighted by Crippen LogP contribution is -1.47. The Kier molecular flexibility index (Phi) is 5.71. The van der Waals surface area contributed by atoms with Gasteiger partial charge in [-0.25, -0.2) is 5.92 Å². The first-order valence-electron chi connectivity index (χ1n) is 1.79. The van der Waals surface area contributed by atoms with Gasteiger partial charge in [0, 0.05) is 22.6 Å². The fraction of sp³-hybridized carbons (Fsp3) is 0. The molecule has 0 heterocycles. The van der Waals surface area contributed by atoms with Crippen LogP contribution in [-0.4, -0.2) is 0 Å². The van der Waals surface area contributed by atoms with E-state index < -0.39 is 0 Å². The van der Waals surface area contributed by atoms with Gasteiger partial charge in [-0.15, -0.1) is 5.92 Å². The van der Waals surface area contributed by atoms with Gasteiger partial charge in [-0.3, -0.25) is 5.92 Å². The molecule has 0 amide bonds. The Labute approximate surface area is 63.2 Å². The van der Waals surface area contributed by atoms with Crippen LogP contribution in [-0.2, 0) is 0 Å². The maximum Gasteiger partial charge on any atom is 0.0192 e. The van der Waals surface area contributed by atoms with Crippen molar-refractivity contribution >= 4 is 22.6 Å². The summed E-state index contributed by atoms with van der Waals surface area (Å²) < 4.78 is 2.58. The highest BCUT2D eigenvalue weighted by atomic mass is 127. The molecule has 0 aromatic carbocycles. The molecular formula is C7H2I-. The molecule has 0 bridgehead atoms. The van der Waals surface area contributed by atoms with Crippen LogP contribution in [0.5, 0.6) is 0 Å². The average Bonchev–Trinajstić information content (AvgIpc) is 1.81. The summed E-state index contributed by atoms with van der Waals surface area (Å²) in [6.07, 6.45) is 0. The molecule has 0 rings (SSSR count). The monoisotopic (exact) mass is 213 g/mol. The molecule has 0 aromatic heterocycles. The maximum absolute atomic E-state index is 3.27. The van der Waals surface area contributed by atoms with Crippen molar-refractivity contribution in [2.45, 2.75) is 0 Å². The highest BCUT2D eigenvalue weighted by Gasteiger charge is 1.43. The fourth-order valence-electron chi connectivity index (χ4n) is 0.130. The summed E-state index contributed by atoms with van der Waals surface area (Å²) in [5.41, 5.74) is 0. The molecule has 0 N–H and O–H groups in total. The van der Waals surface area contributed by atoms with Crippen molar-refractivity contribution in [1.82, 2.24) is 0 Å². The van der Waals surface area contributed by atoms with Gasteiger partial charge in [-0.1, -0.05) is 0 Å². The molecule has 0 unspecified atom stereocenters. The van der Waals surface area contributed by atoms with Crippen molar-refractivity contribution in [3.8, 4) is 33.5 Å². The van der Waals surface area contributed by atoms with Gasteiger partial charge in [0.2, 0.25) is 0 Å². The van der Waals surface area contributed by atoms with E-state index in [0.717, 1.165) is 0 Å². The first-order chi connectivity index (χ1) is 3.91. The lowest BCUT2D eigenvalue weighted by atomic mass is 10.5. The van der Waals surface area contributed by atoms with Gasteiger partial charge in [0.1, 0.15) is 0 Å². The van der Waals surface area contributed by atoms with Crippen LogP contribution in [0.1, 0.15) is 0 Å². The minimum Gasteiger partial charge on any atom is -0.284 e. The van der Waals surface area contributed by atoms with Crippen LogP contribution < -0.4 is 0 Å². The van der Waals surface area contributed by atoms with E-state index in [1.807, 2.05) is 22.6 Å². The minimum absolute atomic E-state index is 1.91. The summed E-state index contributed by atoms with van der Waals surface area (Å²) >= 11 is 1.91. The zero-order valence-corrected chi connectivity index (χ0v) is 6.24. The topological polar surface area (TPSA) is 0 Å². The third-order valence-corrected chi connectivity index (χ3v) is 0.593. The molecule has 0 nitrogen and oxygen atoms in total. The number of hydrogen-bond donors (Lipinski definition) is 0. The van der Waals surface area contributed by atoms with Crippen LogP contribution in [0.15, 0.2) is 0 Å². The second-order valence-corrected chi connectivity index (χ2v) is 1.31. The van der Waals surface area contributed by atoms with Gasteiger partial charge in [0.05, 0.1) is 0 Å². The molecular weight excluding hydrogens is 211 g/mol. The smallest absolute Gasteiger partial charge is 0.0192 e. The first-order valence-corrected chi connectivity index (χ1v) is 2.87. The molecule has 0 aliphatic heterocycles. The minimum atomic E-state index is 1.91. The Morgan fingerprint density at radius 1 is 1.00 bits per heavy atom. The SMILES string of the molecule is [CH2-]C#CC#CC#CI. The Balaban J connectivity index is 3.75. The average molecular weight is 213 g/mol. The summed E-state index contributed by atoms with van der Waals surface area (Å²) in [5.74, 6) is 12.4. The second kappa shape index (κ2) is 6.28. The highest BCUT2D eigenvalue weighted by molar-refractivity contribution is 14.1. The third-order valence-electron chi connectivity index (χ3n) is 0.323. The van der Waals surface area contributed by atoms with Gasteiger partial charge in [0.15, 0.2) is 0 Å². The van der Waals surface area contributed by atoms with Crippen molar-refractivity contribution in [3.63, 3.8) is 0 Å². The number of halogens is 1.